The van der Waals surface area contributed by atoms with E-state index in [-0.39, 0.29) is 41.9 Å². The van der Waals surface area contributed by atoms with E-state index in [1.807, 2.05) is 53.7 Å². The minimum absolute atomic E-state index is 0.149. The van der Waals surface area contributed by atoms with Crippen LogP contribution in [0.5, 0.6) is 0 Å². The number of aliphatic hydroxyl groups is 3. The second kappa shape index (κ2) is 18.9. The molecule has 10 nitrogen and oxygen atoms in total. The van der Waals surface area contributed by atoms with Gasteiger partial charge in [-0.15, -0.1) is 0 Å². The second-order valence-corrected chi connectivity index (χ2v) is 13.0. The Balaban J connectivity index is 2.93. The lowest BCUT2D eigenvalue weighted by Gasteiger charge is -2.36. The monoisotopic (exact) mass is 635 g/mol. The van der Waals surface area contributed by atoms with Gasteiger partial charge in [-0.25, -0.2) is 4.79 Å². The number of carbonyl (C=O) groups excluding carboxylic acids is 3. The third-order valence-corrected chi connectivity index (χ3v) is 8.88. The van der Waals surface area contributed by atoms with Crippen molar-refractivity contribution in [3.05, 3.63) is 48.6 Å². The fourth-order valence-corrected chi connectivity index (χ4v) is 6.20. The van der Waals surface area contributed by atoms with Crippen LogP contribution in [-0.4, -0.2) is 70.0 Å². The van der Waals surface area contributed by atoms with E-state index in [0.717, 1.165) is 5.57 Å². The highest BCUT2D eigenvalue weighted by Crippen LogP contribution is 2.32. The number of ether oxygens (including phenoxy) is 3. The molecule has 0 bridgehead atoms. The minimum Gasteiger partial charge on any atom is -0.462 e. The summed E-state index contributed by atoms with van der Waals surface area (Å²) in [6.07, 6.45) is 6.06. The summed E-state index contributed by atoms with van der Waals surface area (Å²) < 4.78 is 16.6. The Morgan fingerprint density at radius 1 is 0.978 bits per heavy atom. The number of hydrogen-bond donors (Lipinski definition) is 4. The van der Waals surface area contributed by atoms with Crippen molar-refractivity contribution in [2.45, 2.75) is 112 Å². The number of amides is 1. The van der Waals surface area contributed by atoms with Crippen LogP contribution in [0.4, 0.5) is 4.79 Å². The van der Waals surface area contributed by atoms with E-state index in [2.05, 4.69) is 6.58 Å². The van der Waals surface area contributed by atoms with Gasteiger partial charge in [0.2, 0.25) is 0 Å². The van der Waals surface area contributed by atoms with Gasteiger partial charge in [0, 0.05) is 42.9 Å². The molecule has 0 aromatic rings. The zero-order valence-electron chi connectivity index (χ0n) is 28.5. The van der Waals surface area contributed by atoms with E-state index in [1.165, 1.54) is 6.92 Å². The van der Waals surface area contributed by atoms with Gasteiger partial charge in [-0.3, -0.25) is 9.59 Å². The minimum atomic E-state index is -0.911. The van der Waals surface area contributed by atoms with Crippen LogP contribution < -0.4 is 5.73 Å². The van der Waals surface area contributed by atoms with E-state index in [1.54, 1.807) is 38.2 Å². The molecule has 0 aromatic carbocycles. The molecule has 1 aliphatic rings. The predicted octanol–water partition coefficient (Wildman–Crippen LogP) is 4.87. The highest BCUT2D eigenvalue weighted by Gasteiger charge is 2.41. The second-order valence-electron chi connectivity index (χ2n) is 13.0. The molecule has 0 radical (unpaired) electrons. The number of esters is 2. The van der Waals surface area contributed by atoms with Crippen LogP contribution in [0.15, 0.2) is 48.6 Å². The summed E-state index contributed by atoms with van der Waals surface area (Å²) in [4.78, 5) is 35.8. The maximum Gasteiger partial charge on any atom is 0.404 e. The number of aliphatic hydroxyl groups excluding tert-OH is 3. The van der Waals surface area contributed by atoms with Crippen molar-refractivity contribution < 1.29 is 43.9 Å². The average Bonchev–Trinajstić information content (AvgIpc) is 2.96. The predicted molar refractivity (Wildman–Crippen MR) is 174 cm³/mol. The first-order valence-corrected chi connectivity index (χ1v) is 15.9. The molecular weight excluding hydrogens is 578 g/mol. The van der Waals surface area contributed by atoms with E-state index in [9.17, 15) is 29.7 Å². The maximum atomic E-state index is 12.1. The van der Waals surface area contributed by atoms with Crippen LogP contribution >= 0.6 is 0 Å². The summed E-state index contributed by atoms with van der Waals surface area (Å²) in [7, 11) is 0. The molecular formula is C35H57NO9. The molecule has 1 rings (SSSR count). The van der Waals surface area contributed by atoms with Gasteiger partial charge >= 0.3 is 18.0 Å². The summed E-state index contributed by atoms with van der Waals surface area (Å²) in [5.74, 6) is -3.09. The molecule has 1 fully saturated rings. The molecule has 45 heavy (non-hydrogen) atoms. The first-order chi connectivity index (χ1) is 20.9. The first kappa shape index (κ1) is 40.1. The lowest BCUT2D eigenvalue weighted by Crippen LogP contribution is -2.47. The standard InChI is InChI=1S/C35H57NO9/c1-11-12-13-21(4)32(45-35(36)42)26(9)33(43-27(10)37)23(6)17-19(2)16-22(5)30(39)20(3)14-15-28(38)18-29-24(7)31(40)25(8)34(41)44-29/h11-16,20-26,28-33,38-40H,1,17-18H2,2-10H3,(H2,36,42)/b13-12-,15-14-,19-16-/t20-,21-,22-,23-,24-,25+,26+,28+,29-,30-,31-,32-,33+/m0/s1. The van der Waals surface area contributed by atoms with Crippen molar-refractivity contribution in [2.75, 3.05) is 0 Å². The zero-order valence-corrected chi connectivity index (χ0v) is 28.5. The van der Waals surface area contributed by atoms with Crippen molar-refractivity contribution in [1.82, 2.24) is 0 Å². The molecule has 1 saturated heterocycles. The number of cyclic esters (lactones) is 1. The summed E-state index contributed by atoms with van der Waals surface area (Å²) in [5.41, 5.74) is 6.36. The fraction of sp³-hybridized carbons (Fsp3) is 0.686. The number of primary amides is 1. The summed E-state index contributed by atoms with van der Waals surface area (Å²) in [6.45, 7) is 19.9. The van der Waals surface area contributed by atoms with Crippen molar-refractivity contribution in [3.63, 3.8) is 0 Å². The number of carbonyl (C=O) groups is 3. The molecule has 1 aliphatic heterocycles. The van der Waals surface area contributed by atoms with Crippen LogP contribution in [0.1, 0.15) is 75.2 Å². The highest BCUT2D eigenvalue weighted by atomic mass is 16.6. The van der Waals surface area contributed by atoms with Crippen LogP contribution in [-0.2, 0) is 23.8 Å². The Bertz CT molecular complexity index is 1070. The lowest BCUT2D eigenvalue weighted by atomic mass is 9.81. The van der Waals surface area contributed by atoms with Gasteiger partial charge in [-0.1, -0.05) is 90.2 Å². The molecule has 13 atom stereocenters. The summed E-state index contributed by atoms with van der Waals surface area (Å²) in [5, 5.41) is 31.9. The van der Waals surface area contributed by atoms with Gasteiger partial charge in [-0.05, 0) is 26.2 Å². The molecule has 0 saturated carbocycles. The molecule has 10 heteroatoms. The molecule has 256 valence electrons. The first-order valence-electron chi connectivity index (χ1n) is 15.9. The third kappa shape index (κ3) is 12.8. The summed E-state index contributed by atoms with van der Waals surface area (Å²) >= 11 is 0. The Kier molecular flexibility index (Phi) is 16.8. The lowest BCUT2D eigenvalue weighted by molar-refractivity contribution is -0.179. The fourth-order valence-electron chi connectivity index (χ4n) is 6.20. The topological polar surface area (TPSA) is 166 Å². The SMILES string of the molecule is C=C/C=C\[C@H](C)[C@H](OC(N)=O)[C@@H](C)[C@H](OC(C)=O)[C@@H](C)C/C(C)=C\[C@H](C)[C@@H](O)[C@@H](C)/C=C\[C@@H](O)C[C@@H]1OC(=O)[C@H](C)[C@@H](O)[C@H]1C. The van der Waals surface area contributed by atoms with Crippen LogP contribution in [0.2, 0.25) is 0 Å². The average molecular weight is 636 g/mol. The molecule has 0 spiro atoms. The smallest absolute Gasteiger partial charge is 0.404 e. The Hall–Kier alpha value is -2.95. The van der Waals surface area contributed by atoms with E-state index in [0.29, 0.717) is 6.42 Å². The zero-order chi connectivity index (χ0) is 34.6. The van der Waals surface area contributed by atoms with Crippen LogP contribution in [0, 0.1) is 41.4 Å². The summed E-state index contributed by atoms with van der Waals surface area (Å²) in [6, 6.07) is 0. The maximum absolute atomic E-state index is 12.1. The van der Waals surface area contributed by atoms with Gasteiger partial charge in [-0.2, -0.15) is 0 Å². The third-order valence-electron chi connectivity index (χ3n) is 8.88. The van der Waals surface area contributed by atoms with Crippen LogP contribution in [0.3, 0.4) is 0 Å². The van der Waals surface area contributed by atoms with Crippen molar-refractivity contribution >= 4 is 18.0 Å². The molecule has 1 heterocycles. The van der Waals surface area contributed by atoms with E-state index >= 15 is 0 Å². The van der Waals surface area contributed by atoms with Gasteiger partial charge < -0.3 is 35.3 Å². The number of hydrogen-bond acceptors (Lipinski definition) is 9. The largest absolute Gasteiger partial charge is 0.462 e. The van der Waals surface area contributed by atoms with Crippen molar-refractivity contribution in [2.24, 2.45) is 47.2 Å². The number of rotatable bonds is 17. The molecule has 1 amide bonds. The highest BCUT2D eigenvalue weighted by molar-refractivity contribution is 5.73. The Morgan fingerprint density at radius 3 is 2.16 bits per heavy atom. The molecule has 0 aliphatic carbocycles. The quantitative estimate of drug-likeness (QED) is 0.0755. The number of allylic oxidation sites excluding steroid dienone is 3. The molecule has 0 aromatic heterocycles. The molecule has 5 N–H and O–H groups in total. The molecule has 0 unspecified atom stereocenters. The van der Waals surface area contributed by atoms with Gasteiger partial charge in [0.05, 0.1) is 24.2 Å². The van der Waals surface area contributed by atoms with E-state index < -0.39 is 60.6 Å². The van der Waals surface area contributed by atoms with Gasteiger partial charge in [0.25, 0.3) is 0 Å². The van der Waals surface area contributed by atoms with Gasteiger partial charge in [0.15, 0.2) is 0 Å². The normalized spacial score (nSPS) is 27.0. The van der Waals surface area contributed by atoms with Crippen molar-refractivity contribution in [3.8, 4) is 0 Å². The van der Waals surface area contributed by atoms with E-state index in [4.69, 9.17) is 19.9 Å². The Morgan fingerprint density at radius 2 is 1.60 bits per heavy atom. The Labute approximate surface area is 269 Å². The van der Waals surface area contributed by atoms with Crippen LogP contribution in [0.25, 0.3) is 0 Å². The number of nitrogens with two attached hydrogens (primary N) is 1. The van der Waals surface area contributed by atoms with Crippen molar-refractivity contribution in [1.29, 1.82) is 0 Å². The van der Waals surface area contributed by atoms with Gasteiger partial charge in [0.1, 0.15) is 18.3 Å².